The molecular weight excluding hydrogens is 469 g/mol. The van der Waals surface area contributed by atoms with Gasteiger partial charge in [0.05, 0.1) is 19.2 Å². The minimum atomic E-state index is -0.519. The highest BCUT2D eigenvalue weighted by molar-refractivity contribution is 14.0. The quantitative estimate of drug-likeness (QED) is 0.361. The summed E-state index contributed by atoms with van der Waals surface area (Å²) in [7, 11) is 3.32. The second-order valence-corrected chi connectivity index (χ2v) is 6.41. The fourth-order valence-electron chi connectivity index (χ4n) is 2.50. The van der Waals surface area contributed by atoms with E-state index in [0.717, 1.165) is 44.1 Å². The molecule has 27 heavy (non-hydrogen) atoms. The fraction of sp³-hybridized carbons (Fsp3) is 0.556. The first-order valence-corrected chi connectivity index (χ1v) is 8.73. The number of carbonyl (C=O) groups excluding carboxylic acids is 1. The predicted octanol–water partition coefficient (Wildman–Crippen LogP) is 2.28. The largest absolute Gasteiger partial charge is 0.376 e. The number of likely N-dealkylation sites (N-methyl/N-ethyl adjacent to an activating group) is 1. The average Bonchev–Trinajstić information content (AvgIpc) is 2.64. The number of guanidine groups is 1. The summed E-state index contributed by atoms with van der Waals surface area (Å²) in [4.78, 5) is 17.5. The maximum Gasteiger partial charge on any atom is 0.241 e. The summed E-state index contributed by atoms with van der Waals surface area (Å²) in [5, 5.41) is 6.04. The Morgan fingerprint density at radius 3 is 2.74 bits per heavy atom. The molecular formula is C18H27F2IN4O2. The van der Waals surface area contributed by atoms with Gasteiger partial charge in [0.25, 0.3) is 0 Å². The molecule has 1 aromatic carbocycles. The van der Waals surface area contributed by atoms with Gasteiger partial charge in [0, 0.05) is 32.8 Å². The fourth-order valence-corrected chi connectivity index (χ4v) is 2.50. The van der Waals surface area contributed by atoms with Gasteiger partial charge in [0.1, 0.15) is 11.6 Å². The number of ether oxygens (including phenoxy) is 1. The van der Waals surface area contributed by atoms with Gasteiger partial charge < -0.3 is 20.3 Å². The molecule has 9 heteroatoms. The molecule has 0 radical (unpaired) electrons. The Bertz CT molecular complexity index is 638. The number of aliphatic imine (C=N–C) groups is 1. The topological polar surface area (TPSA) is 66.0 Å². The molecule has 6 nitrogen and oxygen atoms in total. The van der Waals surface area contributed by atoms with E-state index < -0.39 is 11.6 Å². The maximum absolute atomic E-state index is 13.8. The zero-order chi connectivity index (χ0) is 18.9. The molecule has 2 N–H and O–H groups in total. The number of hydrogen-bond donors (Lipinski definition) is 2. The van der Waals surface area contributed by atoms with Crippen LogP contribution < -0.4 is 10.6 Å². The maximum atomic E-state index is 13.8. The minimum Gasteiger partial charge on any atom is -0.376 e. The van der Waals surface area contributed by atoms with E-state index in [1.807, 2.05) is 0 Å². The van der Waals surface area contributed by atoms with Crippen molar-refractivity contribution in [2.45, 2.75) is 31.9 Å². The molecule has 1 atom stereocenters. The Balaban J connectivity index is 0.00000364. The third-order valence-corrected chi connectivity index (χ3v) is 4.09. The number of amides is 1. The Kier molecular flexibility index (Phi) is 10.5. The Morgan fingerprint density at radius 2 is 2.07 bits per heavy atom. The number of hydrogen-bond acceptors (Lipinski definition) is 3. The van der Waals surface area contributed by atoms with E-state index in [9.17, 15) is 13.6 Å². The van der Waals surface area contributed by atoms with Crippen LogP contribution in [-0.2, 0) is 16.1 Å². The van der Waals surface area contributed by atoms with Crippen molar-refractivity contribution in [2.24, 2.45) is 4.99 Å². The normalized spacial score (nSPS) is 17.0. The molecule has 1 aliphatic rings. The number of halogens is 3. The monoisotopic (exact) mass is 496 g/mol. The van der Waals surface area contributed by atoms with Crippen LogP contribution in [0.4, 0.5) is 8.78 Å². The first-order valence-electron chi connectivity index (χ1n) is 8.73. The van der Waals surface area contributed by atoms with Gasteiger partial charge in [-0.3, -0.25) is 4.79 Å². The predicted molar refractivity (Wildman–Crippen MR) is 111 cm³/mol. The van der Waals surface area contributed by atoms with Crippen LogP contribution in [0.5, 0.6) is 0 Å². The third-order valence-electron chi connectivity index (χ3n) is 4.09. The average molecular weight is 496 g/mol. The molecule has 1 aliphatic heterocycles. The summed E-state index contributed by atoms with van der Waals surface area (Å²) >= 11 is 0. The van der Waals surface area contributed by atoms with E-state index >= 15 is 0 Å². The van der Waals surface area contributed by atoms with Gasteiger partial charge in [0.15, 0.2) is 5.96 Å². The molecule has 0 aromatic heterocycles. The van der Waals surface area contributed by atoms with Crippen molar-refractivity contribution in [1.82, 2.24) is 15.5 Å². The highest BCUT2D eigenvalue weighted by atomic mass is 127. The molecule has 1 aromatic rings. The first kappa shape index (κ1) is 23.5. The lowest BCUT2D eigenvalue weighted by molar-refractivity contribution is -0.127. The van der Waals surface area contributed by atoms with Crippen LogP contribution in [0.3, 0.4) is 0 Å². The Hall–Kier alpha value is -1.49. The van der Waals surface area contributed by atoms with Crippen molar-refractivity contribution in [2.75, 3.05) is 33.8 Å². The standard InChI is InChI=1S/C18H26F2N4O2.HI/c1-24(2)17(25)12-23-18(22-11-15-5-3-4-8-26-15)21-10-13-9-14(19)6-7-16(13)20;/h6-7,9,15H,3-5,8,10-12H2,1-2H3,(H2,21,22,23);1H. The molecule has 0 bridgehead atoms. The molecule has 1 fully saturated rings. The number of carbonyl (C=O) groups is 1. The van der Waals surface area contributed by atoms with Gasteiger partial charge in [-0.25, -0.2) is 13.8 Å². The van der Waals surface area contributed by atoms with Gasteiger partial charge in [-0.1, -0.05) is 0 Å². The van der Waals surface area contributed by atoms with E-state index in [1.54, 1.807) is 14.1 Å². The van der Waals surface area contributed by atoms with Crippen LogP contribution in [0, 0.1) is 11.6 Å². The van der Waals surface area contributed by atoms with Gasteiger partial charge in [0.2, 0.25) is 5.91 Å². The zero-order valence-corrected chi connectivity index (χ0v) is 18.0. The van der Waals surface area contributed by atoms with Crippen LogP contribution in [-0.4, -0.2) is 56.7 Å². The van der Waals surface area contributed by atoms with E-state index in [0.29, 0.717) is 12.5 Å². The molecule has 1 saturated heterocycles. The van der Waals surface area contributed by atoms with Gasteiger partial charge in [-0.05, 0) is 37.5 Å². The highest BCUT2D eigenvalue weighted by Gasteiger charge is 2.15. The van der Waals surface area contributed by atoms with Crippen LogP contribution in [0.25, 0.3) is 0 Å². The molecule has 1 amide bonds. The van der Waals surface area contributed by atoms with Gasteiger partial charge in [-0.2, -0.15) is 0 Å². The van der Waals surface area contributed by atoms with E-state index in [-0.39, 0.29) is 54.6 Å². The smallest absolute Gasteiger partial charge is 0.241 e. The number of nitrogens with zero attached hydrogens (tertiary/aromatic N) is 2. The van der Waals surface area contributed by atoms with Crippen molar-refractivity contribution in [3.05, 3.63) is 35.4 Å². The van der Waals surface area contributed by atoms with Gasteiger partial charge in [-0.15, -0.1) is 24.0 Å². The SMILES string of the molecule is CN(C)C(=O)CNC(=NCc1cc(F)ccc1F)NCC1CCCCO1.I. The number of nitrogens with one attached hydrogen (secondary N) is 2. The number of rotatable bonds is 6. The lowest BCUT2D eigenvalue weighted by Crippen LogP contribution is -2.45. The Labute approximate surface area is 175 Å². The zero-order valence-electron chi connectivity index (χ0n) is 15.6. The van der Waals surface area contributed by atoms with Crippen LogP contribution in [0.15, 0.2) is 23.2 Å². The van der Waals surface area contributed by atoms with Crippen LogP contribution in [0.2, 0.25) is 0 Å². The van der Waals surface area contributed by atoms with Crippen molar-refractivity contribution in [3.63, 3.8) is 0 Å². The summed E-state index contributed by atoms with van der Waals surface area (Å²) in [5.74, 6) is -0.796. The van der Waals surface area contributed by atoms with Crippen molar-refractivity contribution in [3.8, 4) is 0 Å². The molecule has 0 saturated carbocycles. The van der Waals surface area contributed by atoms with E-state index in [2.05, 4.69) is 15.6 Å². The van der Waals surface area contributed by atoms with E-state index in [4.69, 9.17) is 4.74 Å². The van der Waals surface area contributed by atoms with Crippen LogP contribution >= 0.6 is 24.0 Å². The summed E-state index contributed by atoms with van der Waals surface area (Å²) < 4.78 is 32.7. The molecule has 0 aliphatic carbocycles. The lowest BCUT2D eigenvalue weighted by atomic mass is 10.1. The molecule has 0 spiro atoms. The summed E-state index contributed by atoms with van der Waals surface area (Å²) in [6, 6.07) is 3.26. The van der Waals surface area contributed by atoms with E-state index in [1.165, 1.54) is 4.90 Å². The van der Waals surface area contributed by atoms with Crippen molar-refractivity contribution < 1.29 is 18.3 Å². The highest BCUT2D eigenvalue weighted by Crippen LogP contribution is 2.12. The van der Waals surface area contributed by atoms with Crippen LogP contribution in [0.1, 0.15) is 24.8 Å². The molecule has 1 unspecified atom stereocenters. The third kappa shape index (κ3) is 8.37. The first-order chi connectivity index (χ1) is 12.5. The van der Waals surface area contributed by atoms with Gasteiger partial charge >= 0.3 is 0 Å². The molecule has 1 heterocycles. The number of benzene rings is 1. The second kappa shape index (κ2) is 12.1. The van der Waals surface area contributed by atoms with Crippen molar-refractivity contribution >= 4 is 35.8 Å². The second-order valence-electron chi connectivity index (χ2n) is 6.41. The summed E-state index contributed by atoms with van der Waals surface area (Å²) in [6.07, 6.45) is 3.20. The Morgan fingerprint density at radius 1 is 1.30 bits per heavy atom. The lowest BCUT2D eigenvalue weighted by Gasteiger charge is -2.24. The molecule has 2 rings (SSSR count). The minimum absolute atomic E-state index is 0. The summed E-state index contributed by atoms with van der Waals surface area (Å²) in [5.41, 5.74) is 0.152. The van der Waals surface area contributed by atoms with Crippen molar-refractivity contribution in [1.29, 1.82) is 0 Å². The summed E-state index contributed by atoms with van der Waals surface area (Å²) in [6.45, 7) is 1.28. The molecule has 152 valence electrons.